The van der Waals surface area contributed by atoms with Crippen molar-refractivity contribution in [1.82, 2.24) is 20.2 Å². The number of aryl methyl sites for hydroxylation is 1. The van der Waals surface area contributed by atoms with Crippen LogP contribution in [0.15, 0.2) is 39.1 Å². The minimum atomic E-state index is -4.99. The fourth-order valence-electron chi connectivity index (χ4n) is 2.07. The Morgan fingerprint density at radius 3 is 2.04 bits per heavy atom. The smallest absolute Gasteiger partial charge is 0.411 e. The molecule has 3 rings (SSSR count). The highest BCUT2D eigenvalue weighted by Crippen LogP contribution is 2.39. The third kappa shape index (κ3) is 4.73. The molecule has 0 aliphatic rings. The summed E-state index contributed by atoms with van der Waals surface area (Å²) >= 11 is 6.55. The lowest BCUT2D eigenvalue weighted by atomic mass is 10.0. The van der Waals surface area contributed by atoms with Gasteiger partial charge in [0, 0.05) is 23.0 Å². The molecule has 13 heteroatoms. The largest absolute Gasteiger partial charge is 0.416 e. The Bertz CT molecular complexity index is 968. The fourth-order valence-corrected chi connectivity index (χ4v) is 3.05. The van der Waals surface area contributed by atoms with Gasteiger partial charge in [-0.3, -0.25) is 0 Å². The molecule has 0 amide bonds. The van der Waals surface area contributed by atoms with E-state index in [4.69, 9.17) is 16.0 Å². The van der Waals surface area contributed by atoms with Crippen LogP contribution in [0.25, 0.3) is 11.5 Å². The molecule has 0 fully saturated rings. The molecule has 0 atom stereocenters. The molecule has 0 bridgehead atoms. The van der Waals surface area contributed by atoms with Crippen molar-refractivity contribution in [2.24, 2.45) is 0 Å². The Balaban J connectivity index is 1.98. The first-order valence-electron chi connectivity index (χ1n) is 7.24. The van der Waals surface area contributed by atoms with Gasteiger partial charge in [0.25, 0.3) is 5.22 Å². The van der Waals surface area contributed by atoms with Gasteiger partial charge >= 0.3 is 12.4 Å². The molecular formula is C15H7ClF6N4OS. The third-order valence-corrected chi connectivity index (χ3v) is 4.12. The number of benzene rings is 1. The van der Waals surface area contributed by atoms with Gasteiger partial charge in [0.2, 0.25) is 5.89 Å². The Kier molecular flexibility index (Phi) is 5.28. The van der Waals surface area contributed by atoms with Crippen LogP contribution < -0.4 is 0 Å². The first-order valence-corrected chi connectivity index (χ1v) is 8.43. The van der Waals surface area contributed by atoms with E-state index < -0.39 is 34.9 Å². The fraction of sp³-hybridized carbons (Fsp3) is 0.200. The second-order valence-electron chi connectivity index (χ2n) is 5.38. The molecule has 0 aliphatic heterocycles. The van der Waals surface area contributed by atoms with Gasteiger partial charge in [-0.2, -0.15) is 26.3 Å². The maximum Gasteiger partial charge on any atom is 0.416 e. The summed E-state index contributed by atoms with van der Waals surface area (Å²) in [7, 11) is 0. The van der Waals surface area contributed by atoms with Gasteiger partial charge in [-0.1, -0.05) is 11.6 Å². The number of nitrogens with zero attached hydrogens (tertiary/aromatic N) is 4. The lowest BCUT2D eigenvalue weighted by Gasteiger charge is -2.12. The standard InChI is InChI=1S/C15H7ClF6N4OS/c1-6-2-10(16)24-12(23-6)28-13-26-25-11(27-13)7-3-8(14(17,18)19)5-9(4-7)15(20,21)22/h2-5H,1H3. The summed E-state index contributed by atoms with van der Waals surface area (Å²) in [5.41, 5.74) is -2.96. The Labute approximate surface area is 162 Å². The summed E-state index contributed by atoms with van der Waals surface area (Å²) in [4.78, 5) is 7.94. The Hall–Kier alpha value is -2.34. The second kappa shape index (κ2) is 7.24. The van der Waals surface area contributed by atoms with Crippen molar-refractivity contribution in [3.8, 4) is 11.5 Å². The summed E-state index contributed by atoms with van der Waals surface area (Å²) < 4.78 is 82.9. The molecule has 148 valence electrons. The first kappa shape index (κ1) is 20.4. The van der Waals surface area contributed by atoms with Gasteiger partial charge < -0.3 is 4.42 Å². The number of aromatic nitrogens is 4. The number of hydrogen-bond donors (Lipinski definition) is 0. The molecule has 3 aromatic rings. The van der Waals surface area contributed by atoms with E-state index in [1.165, 1.54) is 6.07 Å². The molecule has 2 aromatic heterocycles. The highest BCUT2D eigenvalue weighted by atomic mass is 35.5. The minimum Gasteiger partial charge on any atom is -0.411 e. The van der Waals surface area contributed by atoms with Gasteiger partial charge in [-0.05, 0) is 31.2 Å². The maximum atomic E-state index is 13.0. The average Bonchev–Trinajstić information content (AvgIpc) is 3.00. The van der Waals surface area contributed by atoms with E-state index in [-0.39, 0.29) is 21.6 Å². The van der Waals surface area contributed by atoms with E-state index in [0.29, 0.717) is 17.8 Å². The topological polar surface area (TPSA) is 64.7 Å². The van der Waals surface area contributed by atoms with Crippen molar-refractivity contribution in [3.63, 3.8) is 0 Å². The molecule has 0 unspecified atom stereocenters. The summed E-state index contributed by atoms with van der Waals surface area (Å²) in [6.45, 7) is 1.65. The van der Waals surface area contributed by atoms with E-state index in [2.05, 4.69) is 20.2 Å². The molecule has 2 heterocycles. The number of rotatable bonds is 3. The lowest BCUT2D eigenvalue weighted by Crippen LogP contribution is -2.11. The Morgan fingerprint density at radius 1 is 0.893 bits per heavy atom. The van der Waals surface area contributed by atoms with Crippen molar-refractivity contribution in [2.45, 2.75) is 29.7 Å². The summed E-state index contributed by atoms with van der Waals surface area (Å²) in [5.74, 6) is -0.516. The van der Waals surface area contributed by atoms with Crippen LogP contribution in [-0.2, 0) is 12.4 Å². The average molecular weight is 441 g/mol. The zero-order chi connectivity index (χ0) is 20.7. The zero-order valence-electron chi connectivity index (χ0n) is 13.6. The zero-order valence-corrected chi connectivity index (χ0v) is 15.1. The van der Waals surface area contributed by atoms with Crippen LogP contribution in [0.5, 0.6) is 0 Å². The molecule has 28 heavy (non-hydrogen) atoms. The SMILES string of the molecule is Cc1cc(Cl)nc(Sc2nnc(-c3cc(C(F)(F)F)cc(C(F)(F)F)c3)o2)n1. The van der Waals surface area contributed by atoms with Crippen LogP contribution in [0, 0.1) is 6.92 Å². The van der Waals surface area contributed by atoms with Gasteiger partial charge in [0.05, 0.1) is 11.1 Å². The van der Waals surface area contributed by atoms with Crippen LogP contribution in [-0.4, -0.2) is 20.2 Å². The molecule has 1 aromatic carbocycles. The molecule has 5 nitrogen and oxygen atoms in total. The summed E-state index contributed by atoms with van der Waals surface area (Å²) in [6.07, 6.45) is -9.97. The van der Waals surface area contributed by atoms with Gasteiger partial charge in [-0.15, -0.1) is 10.2 Å². The lowest BCUT2D eigenvalue weighted by molar-refractivity contribution is -0.143. The number of halogens is 7. The van der Waals surface area contributed by atoms with Crippen LogP contribution in [0.4, 0.5) is 26.3 Å². The first-order chi connectivity index (χ1) is 12.9. The molecule has 0 saturated heterocycles. The minimum absolute atomic E-state index is 0.0120. The Morgan fingerprint density at radius 2 is 1.50 bits per heavy atom. The van der Waals surface area contributed by atoms with Crippen LogP contribution in [0.2, 0.25) is 5.15 Å². The molecule has 0 aliphatic carbocycles. The van der Waals surface area contributed by atoms with Gasteiger partial charge in [0.1, 0.15) is 5.15 Å². The van der Waals surface area contributed by atoms with Gasteiger partial charge in [0.15, 0.2) is 5.16 Å². The molecular weight excluding hydrogens is 434 g/mol. The number of alkyl halides is 6. The molecule has 0 saturated carbocycles. The predicted molar refractivity (Wildman–Crippen MR) is 85.6 cm³/mol. The van der Waals surface area contributed by atoms with Crippen molar-refractivity contribution in [3.05, 3.63) is 46.2 Å². The highest BCUT2D eigenvalue weighted by Gasteiger charge is 2.37. The normalized spacial score (nSPS) is 12.4. The van der Waals surface area contributed by atoms with Crippen LogP contribution in [0.1, 0.15) is 16.8 Å². The monoisotopic (exact) mass is 440 g/mol. The van der Waals surface area contributed by atoms with Crippen LogP contribution >= 0.6 is 23.4 Å². The van der Waals surface area contributed by atoms with Gasteiger partial charge in [-0.25, -0.2) is 9.97 Å². The second-order valence-corrected chi connectivity index (χ2v) is 6.69. The van der Waals surface area contributed by atoms with Crippen LogP contribution in [0.3, 0.4) is 0 Å². The highest BCUT2D eigenvalue weighted by molar-refractivity contribution is 7.98. The maximum absolute atomic E-state index is 13.0. The van der Waals surface area contributed by atoms with E-state index >= 15 is 0 Å². The van der Waals surface area contributed by atoms with Crippen molar-refractivity contribution in [1.29, 1.82) is 0 Å². The van der Waals surface area contributed by atoms with E-state index in [1.54, 1.807) is 6.92 Å². The number of hydrogen-bond acceptors (Lipinski definition) is 6. The van der Waals surface area contributed by atoms with E-state index in [1.807, 2.05) is 0 Å². The summed E-state index contributed by atoms with van der Waals surface area (Å²) in [5, 5.41) is 7.19. The predicted octanol–water partition coefficient (Wildman–Crippen LogP) is 5.68. The molecule has 0 radical (unpaired) electrons. The molecule has 0 N–H and O–H groups in total. The third-order valence-electron chi connectivity index (χ3n) is 3.22. The van der Waals surface area contributed by atoms with E-state index in [0.717, 1.165) is 11.8 Å². The van der Waals surface area contributed by atoms with Crippen molar-refractivity contribution >= 4 is 23.4 Å². The quantitative estimate of drug-likeness (QED) is 0.297. The summed E-state index contributed by atoms with van der Waals surface area (Å²) in [6, 6.07) is 2.50. The van der Waals surface area contributed by atoms with E-state index in [9.17, 15) is 26.3 Å². The van der Waals surface area contributed by atoms with Crippen molar-refractivity contribution in [2.75, 3.05) is 0 Å². The van der Waals surface area contributed by atoms with Crippen molar-refractivity contribution < 1.29 is 30.8 Å². The molecule has 0 spiro atoms.